The first kappa shape index (κ1) is 41.1. The van der Waals surface area contributed by atoms with Crippen LogP contribution in [0.4, 0.5) is 11.4 Å². The van der Waals surface area contributed by atoms with Crippen molar-refractivity contribution < 1.29 is 9.59 Å². The topological polar surface area (TPSA) is 182 Å². The van der Waals surface area contributed by atoms with E-state index in [0.29, 0.717) is 44.8 Å². The first-order valence-corrected chi connectivity index (χ1v) is 18.8. The van der Waals surface area contributed by atoms with Crippen LogP contribution in [0.5, 0.6) is 0 Å². The predicted octanol–water partition coefficient (Wildman–Crippen LogP) is 9.66. The molecule has 254 valence electrons. The van der Waals surface area contributed by atoms with Gasteiger partial charge in [-0.25, -0.2) is 4.98 Å². The van der Waals surface area contributed by atoms with E-state index in [4.69, 9.17) is 34.1 Å². The molecule has 0 saturated heterocycles. The Morgan fingerprint density at radius 2 is 1.28 bits per heavy atom. The summed E-state index contributed by atoms with van der Waals surface area (Å²) in [6, 6.07) is 32.6. The van der Waals surface area contributed by atoms with Gasteiger partial charge in [0.25, 0.3) is 16.7 Å². The third kappa shape index (κ3) is 12.8. The quantitative estimate of drug-likeness (QED) is 0.0773. The molecular formula is C35H24Br3ClI2N6O3. The number of hydrogen-bond acceptors (Lipinski definition) is 7. The molecule has 1 heterocycles. The number of fused-ring (bicyclic) bond motifs is 1. The first-order chi connectivity index (χ1) is 23.7. The summed E-state index contributed by atoms with van der Waals surface area (Å²) >= 11 is 19.4. The van der Waals surface area contributed by atoms with Gasteiger partial charge in [-0.15, -0.1) is 0 Å². The number of nitriles is 1. The van der Waals surface area contributed by atoms with Gasteiger partial charge >= 0.3 is 0 Å². The van der Waals surface area contributed by atoms with E-state index in [0.717, 1.165) is 26.1 Å². The maximum atomic E-state index is 12.1. The molecule has 6 rings (SSSR count). The number of nitrogen functional groups attached to an aromatic ring is 2. The molecule has 1 amide bonds. The lowest BCUT2D eigenvalue weighted by Gasteiger charge is -2.03. The Morgan fingerprint density at radius 3 is 1.80 bits per heavy atom. The molecule has 0 spiro atoms. The minimum atomic E-state index is -0.510. The Bertz CT molecular complexity index is 2250. The van der Waals surface area contributed by atoms with Gasteiger partial charge in [-0.3, -0.25) is 14.4 Å². The van der Waals surface area contributed by atoms with Crippen LogP contribution in [0.1, 0.15) is 26.3 Å². The van der Waals surface area contributed by atoms with Crippen LogP contribution in [0.25, 0.3) is 22.3 Å². The predicted molar refractivity (Wildman–Crippen MR) is 228 cm³/mol. The van der Waals surface area contributed by atoms with Crippen LogP contribution in [-0.4, -0.2) is 21.1 Å². The van der Waals surface area contributed by atoms with Gasteiger partial charge in [-0.2, -0.15) is 5.26 Å². The summed E-state index contributed by atoms with van der Waals surface area (Å²) in [6.45, 7) is 0. The molecule has 7 N–H and O–H groups in total. The van der Waals surface area contributed by atoms with Crippen LogP contribution in [0.2, 0.25) is 0 Å². The van der Waals surface area contributed by atoms with E-state index in [1.165, 1.54) is 0 Å². The molecule has 0 saturated carbocycles. The van der Waals surface area contributed by atoms with Crippen LogP contribution in [0.3, 0.4) is 0 Å². The van der Waals surface area contributed by atoms with Crippen LogP contribution in [0, 0.1) is 18.5 Å². The zero-order chi connectivity index (χ0) is 37.0. The number of amides is 1. The fourth-order valence-electron chi connectivity index (χ4n) is 3.80. The van der Waals surface area contributed by atoms with Gasteiger partial charge in [-0.05, 0) is 148 Å². The molecule has 0 radical (unpaired) electrons. The molecule has 50 heavy (non-hydrogen) atoms. The van der Waals surface area contributed by atoms with E-state index in [1.54, 1.807) is 54.6 Å². The smallest absolute Gasteiger partial charge is 0.259 e. The number of aromatic nitrogens is 2. The van der Waals surface area contributed by atoms with Gasteiger partial charge < -0.3 is 22.2 Å². The molecule has 0 aliphatic rings. The minimum Gasteiger partial charge on any atom is -0.398 e. The van der Waals surface area contributed by atoms with E-state index in [9.17, 15) is 14.4 Å². The molecule has 0 unspecified atom stereocenters. The largest absolute Gasteiger partial charge is 0.398 e. The average Bonchev–Trinajstić information content (AvgIpc) is 3.08. The SMILES string of the molecule is N#Cc1cc(Br)ccc1N.NC(=O)c1cc(Br)ccc1N.O=C(Cl)c1ccc(I)cc1.O=c1[nH]c(-c2ccc(I)cc2)nc2ccc(Br)cc12. The van der Waals surface area contributed by atoms with E-state index >= 15 is 0 Å². The fraction of sp³-hybridized carbons (Fsp3) is 0. The van der Waals surface area contributed by atoms with Gasteiger partial charge in [0.05, 0.1) is 22.0 Å². The molecule has 9 nitrogen and oxygen atoms in total. The number of halogens is 6. The van der Waals surface area contributed by atoms with E-state index < -0.39 is 11.1 Å². The Balaban J connectivity index is 0.000000190. The molecule has 15 heteroatoms. The first-order valence-electron chi connectivity index (χ1n) is 13.9. The number of benzene rings is 5. The normalized spacial score (nSPS) is 9.86. The number of carbonyl (C=O) groups is 2. The van der Waals surface area contributed by atoms with Crippen LogP contribution in [0.15, 0.2) is 121 Å². The number of primary amides is 1. The van der Waals surface area contributed by atoms with Crippen molar-refractivity contribution in [2.75, 3.05) is 11.5 Å². The van der Waals surface area contributed by atoms with Crippen molar-refractivity contribution >= 4 is 138 Å². The van der Waals surface area contributed by atoms with Crippen LogP contribution >= 0.6 is 105 Å². The number of rotatable bonds is 3. The molecule has 6 aromatic rings. The van der Waals surface area contributed by atoms with Crippen LogP contribution in [-0.2, 0) is 0 Å². The van der Waals surface area contributed by atoms with E-state index in [1.807, 2.05) is 54.6 Å². The van der Waals surface area contributed by atoms with Gasteiger partial charge in [0.2, 0.25) is 0 Å². The van der Waals surface area contributed by atoms with Crippen molar-refractivity contribution in [3.8, 4) is 17.5 Å². The molecule has 0 atom stereocenters. The molecule has 5 aromatic carbocycles. The number of aromatic amines is 1. The second-order valence-electron chi connectivity index (χ2n) is 9.80. The maximum absolute atomic E-state index is 12.1. The highest BCUT2D eigenvalue weighted by atomic mass is 127. The summed E-state index contributed by atoms with van der Waals surface area (Å²) in [6.07, 6.45) is 0. The number of hydrogen-bond donors (Lipinski definition) is 4. The molecular weight excluding hydrogens is 1080 g/mol. The lowest BCUT2D eigenvalue weighted by atomic mass is 10.2. The van der Waals surface area contributed by atoms with E-state index in [2.05, 4.69) is 103 Å². The van der Waals surface area contributed by atoms with Gasteiger partial charge in [0.1, 0.15) is 11.9 Å². The number of nitrogens with one attached hydrogen (secondary N) is 1. The average molecular weight is 1110 g/mol. The second kappa shape index (κ2) is 19.9. The van der Waals surface area contributed by atoms with Gasteiger partial charge in [-0.1, -0.05) is 59.9 Å². The van der Waals surface area contributed by atoms with Gasteiger partial charge in [0.15, 0.2) is 0 Å². The third-order valence-corrected chi connectivity index (χ3v) is 9.41. The fourth-order valence-corrected chi connectivity index (χ4v) is 5.73. The summed E-state index contributed by atoms with van der Waals surface area (Å²) in [5.41, 5.74) is 19.8. The number of nitrogens with two attached hydrogens (primary N) is 3. The Morgan fingerprint density at radius 1 is 0.760 bits per heavy atom. The molecule has 1 aromatic heterocycles. The highest BCUT2D eigenvalue weighted by Gasteiger charge is 2.07. The van der Waals surface area contributed by atoms with Crippen LogP contribution < -0.4 is 22.8 Å². The number of nitrogens with zero attached hydrogens (tertiary/aromatic N) is 2. The maximum Gasteiger partial charge on any atom is 0.259 e. The second-order valence-corrected chi connectivity index (χ2v) is 15.4. The van der Waals surface area contributed by atoms with Crippen molar-refractivity contribution in [2.24, 2.45) is 5.73 Å². The van der Waals surface area contributed by atoms with Crippen molar-refractivity contribution in [3.05, 3.63) is 151 Å². The zero-order valence-electron chi connectivity index (χ0n) is 25.4. The summed E-state index contributed by atoms with van der Waals surface area (Å²) < 4.78 is 4.78. The summed E-state index contributed by atoms with van der Waals surface area (Å²) in [4.78, 5) is 40.6. The Labute approximate surface area is 344 Å². The number of H-pyrrole nitrogens is 1. The van der Waals surface area contributed by atoms with Crippen molar-refractivity contribution in [1.82, 2.24) is 9.97 Å². The highest BCUT2D eigenvalue weighted by molar-refractivity contribution is 14.1. The van der Waals surface area contributed by atoms with Crippen molar-refractivity contribution in [1.29, 1.82) is 5.26 Å². The standard InChI is InChI=1S/C14H8BrIN2O.C7H7BrN2O.C7H5BrN2.C7H4ClIO/c15-9-3-6-12-11(7-9)14(19)18-13(17-12)8-1-4-10(16)5-2-8;8-4-1-2-6(9)5(3-4)7(10)11;8-6-1-2-7(10)5(3-6)4-9;8-7(10)5-1-3-6(9)4-2-5/h1-7H,(H,17,18,19);1-3H,9H2,(H2,10,11);1-3H,10H2;1-4H. The highest BCUT2D eigenvalue weighted by Crippen LogP contribution is 2.21. The molecule has 0 bridgehead atoms. The summed E-state index contributed by atoms with van der Waals surface area (Å²) in [5, 5.41) is 8.67. The third-order valence-electron chi connectivity index (χ3n) is 6.27. The zero-order valence-corrected chi connectivity index (χ0v) is 35.3. The number of carbonyl (C=O) groups excluding carboxylic acids is 2. The van der Waals surface area contributed by atoms with E-state index in [-0.39, 0.29) is 5.56 Å². The number of anilines is 2. The minimum absolute atomic E-state index is 0.125. The Hall–Kier alpha value is -3.34. The lowest BCUT2D eigenvalue weighted by molar-refractivity contribution is 0.1000. The summed E-state index contributed by atoms with van der Waals surface area (Å²) in [7, 11) is 0. The molecule has 0 aliphatic carbocycles. The van der Waals surface area contributed by atoms with Gasteiger partial charge in [0, 0.05) is 43.1 Å². The Kier molecular flexibility index (Phi) is 16.3. The van der Waals surface area contributed by atoms with Crippen molar-refractivity contribution in [2.45, 2.75) is 0 Å². The van der Waals surface area contributed by atoms with Crippen molar-refractivity contribution in [3.63, 3.8) is 0 Å². The summed E-state index contributed by atoms with van der Waals surface area (Å²) in [5.74, 6) is 0.0834. The lowest BCUT2D eigenvalue weighted by Crippen LogP contribution is -2.13. The monoisotopic (exact) mass is 1100 g/mol. The molecule has 0 fully saturated rings. The molecule has 0 aliphatic heterocycles.